The number of fused-ring (bicyclic) bond motifs is 2. The number of hydrogen-bond acceptors (Lipinski definition) is 5. The third-order valence-corrected chi connectivity index (χ3v) is 6.30. The van der Waals surface area contributed by atoms with Crippen LogP contribution in [0, 0.1) is 0 Å². The smallest absolute Gasteiger partial charge is 0.325 e. The fourth-order valence-corrected chi connectivity index (χ4v) is 4.60. The van der Waals surface area contributed by atoms with Gasteiger partial charge in [0.15, 0.2) is 5.54 Å². The number of nitrogens with zero attached hydrogens (tertiary/aromatic N) is 3. The predicted octanol–water partition coefficient (Wildman–Crippen LogP) is 1.56. The Balaban J connectivity index is 1.27. The summed E-state index contributed by atoms with van der Waals surface area (Å²) in [5.74, 6) is -0.00858. The van der Waals surface area contributed by atoms with E-state index in [1.54, 1.807) is 17.0 Å². The molecule has 2 aromatic rings. The van der Waals surface area contributed by atoms with Crippen molar-refractivity contribution in [2.75, 3.05) is 44.2 Å². The van der Waals surface area contributed by atoms with Crippen LogP contribution in [0.15, 0.2) is 54.6 Å². The molecule has 3 aliphatic heterocycles. The summed E-state index contributed by atoms with van der Waals surface area (Å²) in [6.07, 6.45) is 0.342. The molecule has 0 aliphatic carbocycles. The lowest BCUT2D eigenvalue weighted by Gasteiger charge is -2.36. The number of rotatable bonds is 3. The number of ether oxygens (including phenoxy) is 1. The number of piperazine rings is 1. The zero-order chi connectivity index (χ0) is 21.4. The summed E-state index contributed by atoms with van der Waals surface area (Å²) in [7, 11) is 0. The Morgan fingerprint density at radius 1 is 0.968 bits per heavy atom. The number of anilines is 1. The number of urea groups is 1. The average Bonchev–Trinajstić information content (AvgIpc) is 3.04. The van der Waals surface area contributed by atoms with Crippen LogP contribution in [0.2, 0.25) is 0 Å². The first-order valence-corrected chi connectivity index (χ1v) is 10.5. The van der Waals surface area contributed by atoms with Gasteiger partial charge in [0.2, 0.25) is 5.91 Å². The highest BCUT2D eigenvalue weighted by molar-refractivity contribution is 6.09. The summed E-state index contributed by atoms with van der Waals surface area (Å²) in [6.45, 7) is 2.61. The quantitative estimate of drug-likeness (QED) is 0.763. The van der Waals surface area contributed by atoms with Crippen LogP contribution in [0.1, 0.15) is 12.0 Å². The van der Waals surface area contributed by atoms with E-state index >= 15 is 0 Å². The summed E-state index contributed by atoms with van der Waals surface area (Å²) in [4.78, 5) is 43.9. The lowest BCUT2D eigenvalue weighted by atomic mass is 9.84. The van der Waals surface area contributed by atoms with E-state index < -0.39 is 11.6 Å². The van der Waals surface area contributed by atoms with Crippen LogP contribution in [0.25, 0.3) is 0 Å². The molecule has 8 heteroatoms. The Bertz CT molecular complexity index is 1020. The minimum absolute atomic E-state index is 0.214. The van der Waals surface area contributed by atoms with Crippen molar-refractivity contribution < 1.29 is 19.1 Å². The van der Waals surface area contributed by atoms with Crippen molar-refractivity contribution in [3.63, 3.8) is 0 Å². The molecular formula is C23H24N4O4. The number of benzene rings is 2. The molecule has 4 amide bonds. The molecule has 1 N–H and O–H groups in total. The summed E-state index contributed by atoms with van der Waals surface area (Å²) >= 11 is 0. The lowest BCUT2D eigenvalue weighted by molar-refractivity contribution is -0.139. The molecule has 2 fully saturated rings. The second-order valence-electron chi connectivity index (χ2n) is 8.02. The molecule has 3 aliphatic rings. The molecule has 1 atom stereocenters. The first kappa shape index (κ1) is 19.4. The van der Waals surface area contributed by atoms with Gasteiger partial charge in [-0.15, -0.1) is 0 Å². The van der Waals surface area contributed by atoms with E-state index in [9.17, 15) is 14.4 Å². The molecule has 8 nitrogen and oxygen atoms in total. The summed E-state index contributed by atoms with van der Waals surface area (Å²) in [5, 5.41) is 2.84. The molecule has 0 bridgehead atoms. The standard InChI is InChI=1S/C23H24N4O4/c28-20(26-13-11-25(12-14-26)17-6-2-1-3-7-17)16-27-21(29)23(24-22(27)30)10-15-31-19-9-5-4-8-18(19)23/h1-9H,10-16H2,(H,24,30)/t23-/m0/s1. The van der Waals surface area contributed by atoms with E-state index in [2.05, 4.69) is 22.3 Å². The second kappa shape index (κ2) is 7.61. The van der Waals surface area contributed by atoms with Crippen molar-refractivity contribution in [3.8, 4) is 5.75 Å². The van der Waals surface area contributed by atoms with E-state index in [0.717, 1.165) is 10.6 Å². The minimum Gasteiger partial charge on any atom is -0.493 e. The van der Waals surface area contributed by atoms with Crippen LogP contribution < -0.4 is 15.0 Å². The first-order valence-electron chi connectivity index (χ1n) is 10.5. The molecule has 0 aromatic heterocycles. The lowest BCUT2D eigenvalue weighted by Crippen LogP contribution is -2.52. The highest BCUT2D eigenvalue weighted by Gasteiger charge is 2.55. The van der Waals surface area contributed by atoms with Crippen molar-refractivity contribution >= 4 is 23.5 Å². The second-order valence-corrected chi connectivity index (χ2v) is 8.02. The van der Waals surface area contributed by atoms with E-state index in [-0.39, 0.29) is 18.4 Å². The SMILES string of the molecule is O=C(CN1C(=O)N[C@]2(CCOc3ccccc32)C1=O)N1CCN(c2ccccc2)CC1. The number of hydrogen-bond donors (Lipinski definition) is 1. The van der Waals surface area contributed by atoms with Gasteiger partial charge in [0.05, 0.1) is 6.61 Å². The zero-order valence-corrected chi connectivity index (χ0v) is 17.1. The highest BCUT2D eigenvalue weighted by atomic mass is 16.5. The van der Waals surface area contributed by atoms with Gasteiger partial charge in [-0.3, -0.25) is 14.5 Å². The fraction of sp³-hybridized carbons (Fsp3) is 0.348. The first-order chi connectivity index (χ1) is 15.1. The maximum absolute atomic E-state index is 13.3. The van der Waals surface area contributed by atoms with Crippen molar-refractivity contribution in [3.05, 3.63) is 60.2 Å². The summed E-state index contributed by atoms with van der Waals surface area (Å²) in [5.41, 5.74) is 0.618. The van der Waals surface area contributed by atoms with E-state index in [1.165, 1.54) is 0 Å². The number of amides is 4. The maximum Gasteiger partial charge on any atom is 0.325 e. The monoisotopic (exact) mass is 420 g/mol. The van der Waals surface area contributed by atoms with Gasteiger partial charge in [0.25, 0.3) is 5.91 Å². The van der Waals surface area contributed by atoms with Gasteiger partial charge >= 0.3 is 6.03 Å². The Morgan fingerprint density at radius 3 is 2.45 bits per heavy atom. The third-order valence-electron chi connectivity index (χ3n) is 6.30. The molecule has 0 radical (unpaired) electrons. The topological polar surface area (TPSA) is 82.2 Å². The fourth-order valence-electron chi connectivity index (χ4n) is 4.60. The predicted molar refractivity (Wildman–Crippen MR) is 114 cm³/mol. The van der Waals surface area contributed by atoms with Crippen LogP contribution in [-0.4, -0.2) is 67.0 Å². The Kier molecular flexibility index (Phi) is 4.77. The van der Waals surface area contributed by atoms with Crippen molar-refractivity contribution in [2.45, 2.75) is 12.0 Å². The number of carbonyl (C=O) groups is 3. The van der Waals surface area contributed by atoms with Gasteiger partial charge in [-0.1, -0.05) is 36.4 Å². The van der Waals surface area contributed by atoms with Crippen LogP contribution in [0.3, 0.4) is 0 Å². The van der Waals surface area contributed by atoms with Gasteiger partial charge in [0, 0.05) is 43.9 Å². The summed E-state index contributed by atoms with van der Waals surface area (Å²) in [6, 6.07) is 16.8. The van der Waals surface area contributed by atoms with Crippen molar-refractivity contribution in [2.24, 2.45) is 0 Å². The van der Waals surface area contributed by atoms with Crippen LogP contribution in [-0.2, 0) is 15.1 Å². The highest BCUT2D eigenvalue weighted by Crippen LogP contribution is 2.40. The zero-order valence-electron chi connectivity index (χ0n) is 17.1. The van der Waals surface area contributed by atoms with Crippen LogP contribution in [0.4, 0.5) is 10.5 Å². The number of carbonyl (C=O) groups excluding carboxylic acids is 3. The molecule has 3 heterocycles. The maximum atomic E-state index is 13.3. The van der Waals surface area contributed by atoms with Gasteiger partial charge in [-0.05, 0) is 18.2 Å². The largest absolute Gasteiger partial charge is 0.493 e. The molecular weight excluding hydrogens is 396 g/mol. The number of nitrogens with one attached hydrogen (secondary N) is 1. The molecule has 31 heavy (non-hydrogen) atoms. The molecule has 1 spiro atoms. The van der Waals surface area contributed by atoms with E-state index in [0.29, 0.717) is 50.5 Å². The normalized spacial score (nSPS) is 22.9. The average molecular weight is 420 g/mol. The molecule has 0 unspecified atom stereocenters. The van der Waals surface area contributed by atoms with Gasteiger partial charge in [-0.25, -0.2) is 4.79 Å². The van der Waals surface area contributed by atoms with Crippen molar-refractivity contribution in [1.29, 1.82) is 0 Å². The van der Waals surface area contributed by atoms with Crippen molar-refractivity contribution in [1.82, 2.24) is 15.1 Å². The summed E-state index contributed by atoms with van der Waals surface area (Å²) < 4.78 is 5.65. The minimum atomic E-state index is -1.15. The molecule has 160 valence electrons. The molecule has 2 aromatic carbocycles. The van der Waals surface area contributed by atoms with Crippen LogP contribution >= 0.6 is 0 Å². The van der Waals surface area contributed by atoms with E-state index in [1.807, 2.05) is 30.3 Å². The van der Waals surface area contributed by atoms with E-state index in [4.69, 9.17) is 4.74 Å². The Hall–Kier alpha value is -3.55. The number of imide groups is 1. The van der Waals surface area contributed by atoms with Gasteiger partial charge in [0.1, 0.15) is 12.3 Å². The van der Waals surface area contributed by atoms with Gasteiger partial charge < -0.3 is 19.9 Å². The number of para-hydroxylation sites is 2. The third kappa shape index (κ3) is 3.28. The molecule has 2 saturated heterocycles. The molecule has 0 saturated carbocycles. The van der Waals surface area contributed by atoms with Gasteiger partial charge in [-0.2, -0.15) is 0 Å². The Morgan fingerprint density at radius 2 is 1.68 bits per heavy atom. The molecule has 5 rings (SSSR count). The van der Waals surface area contributed by atoms with Crippen LogP contribution in [0.5, 0.6) is 5.75 Å². The Labute approximate surface area is 180 Å².